The van der Waals surface area contributed by atoms with Crippen molar-refractivity contribution in [3.05, 3.63) is 11.6 Å². The lowest BCUT2D eigenvalue weighted by Gasteiger charge is -2.09. The van der Waals surface area contributed by atoms with E-state index in [1.165, 1.54) is 12.8 Å². The lowest BCUT2D eigenvalue weighted by Crippen LogP contribution is -2.29. The number of aromatic nitrogens is 3. The van der Waals surface area contributed by atoms with Gasteiger partial charge in [-0.1, -0.05) is 19.8 Å². The van der Waals surface area contributed by atoms with E-state index in [0.29, 0.717) is 5.82 Å². The highest BCUT2D eigenvalue weighted by molar-refractivity contribution is 5.89. The van der Waals surface area contributed by atoms with E-state index in [4.69, 9.17) is 4.84 Å². The van der Waals surface area contributed by atoms with Crippen LogP contribution in [0.25, 0.3) is 0 Å². The molecule has 1 fully saturated rings. The number of rotatable bonds is 4. The molecule has 1 aliphatic carbocycles. The van der Waals surface area contributed by atoms with Crippen LogP contribution in [0.3, 0.4) is 0 Å². The molecular formula is C10H16N4O2. The number of nitrogens with one attached hydrogen (secondary N) is 2. The first-order valence-electron chi connectivity index (χ1n) is 5.67. The maximum absolute atomic E-state index is 11.5. The van der Waals surface area contributed by atoms with Gasteiger partial charge in [0.25, 0.3) is 0 Å². The fourth-order valence-corrected chi connectivity index (χ4v) is 1.74. The number of aromatic amines is 1. The van der Waals surface area contributed by atoms with Crippen molar-refractivity contribution in [3.63, 3.8) is 0 Å². The highest BCUT2D eigenvalue weighted by atomic mass is 16.7. The van der Waals surface area contributed by atoms with Gasteiger partial charge in [0, 0.05) is 6.42 Å². The smallest absolute Gasteiger partial charge is 0.270 e. The molecule has 2 rings (SSSR count). The molecule has 1 saturated carbocycles. The van der Waals surface area contributed by atoms with Crippen LogP contribution in [0.15, 0.2) is 0 Å². The van der Waals surface area contributed by atoms with E-state index in [1.807, 2.05) is 6.92 Å². The topological polar surface area (TPSA) is 79.9 Å². The standard InChI is InChI=1S/C10H16N4O2/c1-2-8-11-9(13-12-8)10(15)14-16-7-5-3-4-6-7/h7H,2-6H2,1H3,(H,14,15)(H,11,12,13). The summed E-state index contributed by atoms with van der Waals surface area (Å²) in [6.07, 6.45) is 5.23. The predicted molar refractivity (Wildman–Crippen MR) is 56.6 cm³/mol. The van der Waals surface area contributed by atoms with E-state index < -0.39 is 0 Å². The third-order valence-corrected chi connectivity index (χ3v) is 2.69. The fraction of sp³-hybridized carbons (Fsp3) is 0.700. The van der Waals surface area contributed by atoms with Crippen LogP contribution in [-0.4, -0.2) is 27.2 Å². The van der Waals surface area contributed by atoms with Gasteiger partial charge >= 0.3 is 5.91 Å². The van der Waals surface area contributed by atoms with Gasteiger partial charge in [0.1, 0.15) is 5.82 Å². The minimum absolute atomic E-state index is 0.134. The molecule has 0 radical (unpaired) electrons. The molecule has 0 saturated heterocycles. The maximum Gasteiger partial charge on any atom is 0.314 e. The summed E-state index contributed by atoms with van der Waals surface area (Å²) in [5.74, 6) is 0.448. The number of amides is 1. The van der Waals surface area contributed by atoms with Crippen LogP contribution >= 0.6 is 0 Å². The molecule has 0 bridgehead atoms. The third-order valence-electron chi connectivity index (χ3n) is 2.69. The number of H-pyrrole nitrogens is 1. The first-order valence-corrected chi connectivity index (χ1v) is 5.67. The Kier molecular flexibility index (Phi) is 3.51. The summed E-state index contributed by atoms with van der Waals surface area (Å²) in [5, 5.41) is 6.49. The second-order valence-electron chi connectivity index (χ2n) is 3.91. The van der Waals surface area contributed by atoms with E-state index in [2.05, 4.69) is 20.7 Å². The zero-order valence-corrected chi connectivity index (χ0v) is 9.32. The van der Waals surface area contributed by atoms with Crippen molar-refractivity contribution in [3.8, 4) is 0 Å². The molecule has 6 nitrogen and oxygen atoms in total. The van der Waals surface area contributed by atoms with E-state index in [1.54, 1.807) is 0 Å². The molecule has 1 aromatic rings. The van der Waals surface area contributed by atoms with E-state index in [-0.39, 0.29) is 17.8 Å². The van der Waals surface area contributed by atoms with Gasteiger partial charge in [-0.15, -0.1) is 5.10 Å². The predicted octanol–water partition coefficient (Wildman–Crippen LogP) is 0.971. The second kappa shape index (κ2) is 5.07. The van der Waals surface area contributed by atoms with Gasteiger partial charge in [-0.2, -0.15) is 0 Å². The molecule has 88 valence electrons. The summed E-state index contributed by atoms with van der Waals surface area (Å²) in [6, 6.07) is 0. The molecule has 0 spiro atoms. The van der Waals surface area contributed by atoms with Gasteiger partial charge in [-0.05, 0) is 12.8 Å². The van der Waals surface area contributed by atoms with Crippen molar-refractivity contribution in [2.45, 2.75) is 45.1 Å². The molecule has 0 atom stereocenters. The van der Waals surface area contributed by atoms with Crippen LogP contribution in [0.4, 0.5) is 0 Å². The number of nitrogens with zero attached hydrogens (tertiary/aromatic N) is 2. The Morgan fingerprint density at radius 2 is 2.31 bits per heavy atom. The molecule has 1 amide bonds. The molecule has 16 heavy (non-hydrogen) atoms. The largest absolute Gasteiger partial charge is 0.314 e. The lowest BCUT2D eigenvalue weighted by atomic mass is 10.3. The average molecular weight is 224 g/mol. The quantitative estimate of drug-likeness (QED) is 0.747. The summed E-state index contributed by atoms with van der Waals surface area (Å²) >= 11 is 0. The molecule has 6 heteroatoms. The Balaban J connectivity index is 1.82. The summed E-state index contributed by atoms with van der Waals surface area (Å²) in [7, 11) is 0. The zero-order valence-electron chi connectivity index (χ0n) is 9.32. The van der Waals surface area contributed by atoms with E-state index in [9.17, 15) is 4.79 Å². The van der Waals surface area contributed by atoms with Crippen molar-refractivity contribution in [2.75, 3.05) is 0 Å². The molecule has 0 aromatic carbocycles. The van der Waals surface area contributed by atoms with Gasteiger partial charge in [-0.3, -0.25) is 14.7 Å². The lowest BCUT2D eigenvalue weighted by molar-refractivity contribution is -0.0130. The van der Waals surface area contributed by atoms with Crippen LogP contribution in [0, 0.1) is 0 Å². The second-order valence-corrected chi connectivity index (χ2v) is 3.91. The van der Waals surface area contributed by atoms with E-state index >= 15 is 0 Å². The van der Waals surface area contributed by atoms with E-state index in [0.717, 1.165) is 19.3 Å². The Bertz CT molecular complexity index is 357. The molecule has 2 N–H and O–H groups in total. The van der Waals surface area contributed by atoms with Gasteiger partial charge in [0.15, 0.2) is 0 Å². The monoisotopic (exact) mass is 224 g/mol. The summed E-state index contributed by atoms with van der Waals surface area (Å²) in [4.78, 5) is 20.8. The van der Waals surface area contributed by atoms with Crippen molar-refractivity contribution in [2.24, 2.45) is 0 Å². The number of hydrogen-bond acceptors (Lipinski definition) is 4. The van der Waals surface area contributed by atoms with Crippen LogP contribution in [-0.2, 0) is 11.3 Å². The molecule has 0 unspecified atom stereocenters. The number of carbonyl (C=O) groups is 1. The van der Waals surface area contributed by atoms with Gasteiger partial charge in [-0.25, -0.2) is 10.5 Å². The SMILES string of the molecule is CCc1nc(C(=O)NOC2CCCC2)n[nH]1. The van der Waals surface area contributed by atoms with Gasteiger partial charge in [0.05, 0.1) is 6.10 Å². The maximum atomic E-state index is 11.5. The first kappa shape index (κ1) is 11.1. The fourth-order valence-electron chi connectivity index (χ4n) is 1.74. The van der Waals surface area contributed by atoms with Crippen LogP contribution in [0.2, 0.25) is 0 Å². The highest BCUT2D eigenvalue weighted by Gasteiger charge is 2.18. The Morgan fingerprint density at radius 3 is 2.94 bits per heavy atom. The summed E-state index contributed by atoms with van der Waals surface area (Å²) < 4.78 is 0. The Morgan fingerprint density at radius 1 is 1.56 bits per heavy atom. The van der Waals surface area contributed by atoms with Gasteiger partial charge < -0.3 is 0 Å². The first-order chi connectivity index (χ1) is 7.79. The molecule has 1 aromatic heterocycles. The van der Waals surface area contributed by atoms with Crippen LogP contribution in [0.5, 0.6) is 0 Å². The van der Waals surface area contributed by atoms with Crippen molar-refractivity contribution >= 4 is 5.91 Å². The summed E-state index contributed by atoms with van der Waals surface area (Å²) in [5.41, 5.74) is 2.39. The number of hydrogen-bond donors (Lipinski definition) is 2. The summed E-state index contributed by atoms with van der Waals surface area (Å²) in [6.45, 7) is 1.94. The minimum Gasteiger partial charge on any atom is -0.270 e. The van der Waals surface area contributed by atoms with Crippen molar-refractivity contribution in [1.82, 2.24) is 20.7 Å². The van der Waals surface area contributed by atoms with Crippen molar-refractivity contribution in [1.29, 1.82) is 0 Å². The van der Waals surface area contributed by atoms with Crippen LogP contribution in [0.1, 0.15) is 49.1 Å². The number of carbonyl (C=O) groups excluding carboxylic acids is 1. The molecule has 1 aliphatic rings. The number of hydroxylamine groups is 1. The van der Waals surface area contributed by atoms with Crippen molar-refractivity contribution < 1.29 is 9.63 Å². The van der Waals surface area contributed by atoms with Crippen LogP contribution < -0.4 is 5.48 Å². The third kappa shape index (κ3) is 2.57. The molecule has 1 heterocycles. The zero-order chi connectivity index (χ0) is 11.4. The molecule has 0 aliphatic heterocycles. The Hall–Kier alpha value is -1.43. The highest BCUT2D eigenvalue weighted by Crippen LogP contribution is 2.19. The van der Waals surface area contributed by atoms with Gasteiger partial charge in [0.2, 0.25) is 5.82 Å². The minimum atomic E-state index is -0.386. The normalized spacial score (nSPS) is 16.6. The average Bonchev–Trinajstić information content (AvgIpc) is 2.96. The number of aryl methyl sites for hydroxylation is 1. The Labute approximate surface area is 93.7 Å². The molecular weight excluding hydrogens is 208 g/mol.